The van der Waals surface area contributed by atoms with E-state index in [1.54, 1.807) is 6.07 Å². The van der Waals surface area contributed by atoms with Crippen LogP contribution in [0.1, 0.15) is 19.4 Å². The molecule has 0 aliphatic carbocycles. The SMILES string of the molecule is CCN(CC)c1ccc(N=Nc2c(C)ccc[n+]2O)cc1. The third-order valence-electron chi connectivity index (χ3n) is 3.38. The highest BCUT2D eigenvalue weighted by atomic mass is 16.5. The van der Waals surface area contributed by atoms with Crippen LogP contribution in [0.25, 0.3) is 0 Å². The lowest BCUT2D eigenvalue weighted by atomic mass is 10.2. The number of aromatic nitrogens is 1. The summed E-state index contributed by atoms with van der Waals surface area (Å²) in [5, 5.41) is 18.0. The predicted molar refractivity (Wildman–Crippen MR) is 82.7 cm³/mol. The Kier molecular flexibility index (Phi) is 4.87. The van der Waals surface area contributed by atoms with Crippen molar-refractivity contribution < 1.29 is 9.94 Å². The van der Waals surface area contributed by atoms with Crippen LogP contribution < -0.4 is 9.63 Å². The summed E-state index contributed by atoms with van der Waals surface area (Å²) < 4.78 is 0.975. The van der Waals surface area contributed by atoms with Crippen molar-refractivity contribution in [1.82, 2.24) is 0 Å². The van der Waals surface area contributed by atoms with Gasteiger partial charge in [0.05, 0.1) is 5.11 Å². The summed E-state index contributed by atoms with van der Waals surface area (Å²) >= 11 is 0. The fourth-order valence-corrected chi connectivity index (χ4v) is 2.14. The molecule has 0 fully saturated rings. The third-order valence-corrected chi connectivity index (χ3v) is 3.38. The number of nitrogens with zero attached hydrogens (tertiary/aromatic N) is 4. The van der Waals surface area contributed by atoms with Gasteiger partial charge < -0.3 is 10.1 Å². The van der Waals surface area contributed by atoms with Crippen molar-refractivity contribution >= 4 is 17.2 Å². The number of azo groups is 1. The summed E-state index contributed by atoms with van der Waals surface area (Å²) in [5.41, 5.74) is 2.80. The topological polar surface area (TPSA) is 52.1 Å². The minimum Gasteiger partial charge on any atom is -0.372 e. The maximum Gasteiger partial charge on any atom is 0.391 e. The summed E-state index contributed by atoms with van der Waals surface area (Å²) in [7, 11) is 0. The maximum atomic E-state index is 9.71. The van der Waals surface area contributed by atoms with Crippen LogP contribution in [0.15, 0.2) is 52.8 Å². The number of benzene rings is 1. The Morgan fingerprint density at radius 3 is 2.29 bits per heavy atom. The van der Waals surface area contributed by atoms with Crippen LogP contribution in [0.2, 0.25) is 0 Å². The highest BCUT2D eigenvalue weighted by Gasteiger charge is 2.12. The standard InChI is InChI=1S/C16H21N4O/c1-4-19(5-2)15-10-8-14(9-11-15)17-18-16-13(3)7-6-12-20(16)21/h6-12,21H,4-5H2,1-3H3/q+1. The number of rotatable bonds is 5. The number of aryl methyl sites for hydroxylation is 1. The quantitative estimate of drug-likeness (QED) is 0.516. The van der Waals surface area contributed by atoms with E-state index in [2.05, 4.69) is 29.0 Å². The van der Waals surface area contributed by atoms with Crippen molar-refractivity contribution in [2.24, 2.45) is 10.2 Å². The molecule has 1 heterocycles. The van der Waals surface area contributed by atoms with Gasteiger partial charge in [-0.1, -0.05) is 0 Å². The average molecular weight is 285 g/mol. The normalized spacial score (nSPS) is 11.0. The van der Waals surface area contributed by atoms with Gasteiger partial charge in [0.15, 0.2) is 0 Å². The van der Waals surface area contributed by atoms with E-state index in [9.17, 15) is 5.21 Å². The van der Waals surface area contributed by atoms with Crippen molar-refractivity contribution in [2.75, 3.05) is 18.0 Å². The maximum absolute atomic E-state index is 9.71. The van der Waals surface area contributed by atoms with Crippen LogP contribution in [0.4, 0.5) is 17.2 Å². The molecule has 0 aliphatic rings. The molecule has 5 nitrogen and oxygen atoms in total. The monoisotopic (exact) mass is 285 g/mol. The molecule has 2 aromatic rings. The Morgan fingerprint density at radius 1 is 1.05 bits per heavy atom. The van der Waals surface area contributed by atoms with Crippen LogP contribution in [-0.2, 0) is 0 Å². The molecule has 0 amide bonds. The Bertz CT molecular complexity index is 598. The first kappa shape index (κ1) is 15.0. The van der Waals surface area contributed by atoms with E-state index in [-0.39, 0.29) is 0 Å². The number of hydrogen-bond acceptors (Lipinski definition) is 4. The minimum atomic E-state index is 0.435. The third kappa shape index (κ3) is 3.56. The molecular weight excluding hydrogens is 264 g/mol. The summed E-state index contributed by atoms with van der Waals surface area (Å²) in [5.74, 6) is 0.435. The lowest BCUT2D eigenvalue weighted by Crippen LogP contribution is -2.29. The first-order valence-electron chi connectivity index (χ1n) is 7.13. The van der Waals surface area contributed by atoms with Crippen LogP contribution >= 0.6 is 0 Å². The van der Waals surface area contributed by atoms with E-state index in [0.717, 1.165) is 29.1 Å². The van der Waals surface area contributed by atoms with Crippen LogP contribution in [-0.4, -0.2) is 18.3 Å². The van der Waals surface area contributed by atoms with Gasteiger partial charge in [0, 0.05) is 24.3 Å². The number of anilines is 1. The van der Waals surface area contributed by atoms with Gasteiger partial charge >= 0.3 is 5.82 Å². The molecule has 0 saturated carbocycles. The lowest BCUT2D eigenvalue weighted by molar-refractivity contribution is -0.894. The molecule has 0 atom stereocenters. The zero-order valence-electron chi connectivity index (χ0n) is 12.7. The first-order valence-corrected chi connectivity index (χ1v) is 7.13. The molecule has 1 N–H and O–H groups in total. The van der Waals surface area contributed by atoms with Gasteiger partial charge in [0.2, 0.25) is 0 Å². The van der Waals surface area contributed by atoms with E-state index in [1.165, 1.54) is 11.9 Å². The molecule has 0 saturated heterocycles. The molecular formula is C16H21N4O+. The Labute approximate surface area is 125 Å². The molecule has 0 bridgehead atoms. The van der Waals surface area contributed by atoms with Gasteiger partial charge in [-0.3, -0.25) is 0 Å². The molecule has 1 aromatic heterocycles. The minimum absolute atomic E-state index is 0.435. The number of hydrogen-bond donors (Lipinski definition) is 1. The molecule has 0 aliphatic heterocycles. The van der Waals surface area contributed by atoms with E-state index in [4.69, 9.17) is 0 Å². The second-order valence-corrected chi connectivity index (χ2v) is 4.75. The van der Waals surface area contributed by atoms with Crippen LogP contribution in [0.3, 0.4) is 0 Å². The summed E-state index contributed by atoms with van der Waals surface area (Å²) in [6.45, 7) is 8.10. The van der Waals surface area contributed by atoms with Crippen molar-refractivity contribution in [3.8, 4) is 0 Å². The van der Waals surface area contributed by atoms with Gasteiger partial charge in [-0.05, 0) is 67.0 Å². The highest BCUT2D eigenvalue weighted by Crippen LogP contribution is 2.22. The van der Waals surface area contributed by atoms with Gasteiger partial charge in [-0.15, -0.1) is 0 Å². The Morgan fingerprint density at radius 2 is 1.71 bits per heavy atom. The highest BCUT2D eigenvalue weighted by molar-refractivity contribution is 5.52. The van der Waals surface area contributed by atoms with Crippen LogP contribution in [0, 0.1) is 6.92 Å². The van der Waals surface area contributed by atoms with Crippen molar-refractivity contribution in [2.45, 2.75) is 20.8 Å². The number of pyridine rings is 1. The predicted octanol–water partition coefficient (Wildman–Crippen LogP) is 3.78. The molecule has 5 heteroatoms. The zero-order valence-corrected chi connectivity index (χ0v) is 12.7. The first-order chi connectivity index (χ1) is 10.2. The molecule has 2 rings (SSSR count). The lowest BCUT2D eigenvalue weighted by Gasteiger charge is -2.20. The molecule has 0 unspecified atom stereocenters. The molecule has 0 spiro atoms. The zero-order chi connectivity index (χ0) is 15.2. The van der Waals surface area contributed by atoms with Gasteiger partial charge in [0.25, 0.3) is 0 Å². The van der Waals surface area contributed by atoms with E-state index < -0.39 is 0 Å². The molecule has 0 radical (unpaired) electrons. The average Bonchev–Trinajstić information content (AvgIpc) is 2.49. The van der Waals surface area contributed by atoms with E-state index in [0.29, 0.717) is 5.82 Å². The molecule has 110 valence electrons. The summed E-state index contributed by atoms with van der Waals surface area (Å²) in [6, 6.07) is 11.6. The van der Waals surface area contributed by atoms with E-state index in [1.807, 2.05) is 37.3 Å². The second-order valence-electron chi connectivity index (χ2n) is 4.75. The Balaban J connectivity index is 2.19. The smallest absolute Gasteiger partial charge is 0.372 e. The van der Waals surface area contributed by atoms with Gasteiger partial charge in [-0.25, -0.2) is 0 Å². The van der Waals surface area contributed by atoms with E-state index >= 15 is 0 Å². The second kappa shape index (κ2) is 6.83. The van der Waals surface area contributed by atoms with Gasteiger partial charge in [-0.2, -0.15) is 0 Å². The summed E-state index contributed by atoms with van der Waals surface area (Å²) in [4.78, 5) is 2.27. The van der Waals surface area contributed by atoms with Crippen LogP contribution in [0.5, 0.6) is 0 Å². The van der Waals surface area contributed by atoms with Gasteiger partial charge in [0.1, 0.15) is 11.9 Å². The largest absolute Gasteiger partial charge is 0.391 e. The van der Waals surface area contributed by atoms with Crippen molar-refractivity contribution in [1.29, 1.82) is 0 Å². The molecule has 1 aromatic carbocycles. The van der Waals surface area contributed by atoms with Crippen molar-refractivity contribution in [3.63, 3.8) is 0 Å². The fraction of sp³-hybridized carbons (Fsp3) is 0.312. The fourth-order valence-electron chi connectivity index (χ4n) is 2.14. The summed E-state index contributed by atoms with van der Waals surface area (Å²) in [6.07, 6.45) is 1.53. The Hall–Kier alpha value is -2.43. The van der Waals surface area contributed by atoms with Crippen molar-refractivity contribution in [3.05, 3.63) is 48.2 Å². The molecule has 21 heavy (non-hydrogen) atoms.